The van der Waals surface area contributed by atoms with Crippen molar-refractivity contribution in [2.45, 2.75) is 13.3 Å². The average molecular weight is 275 g/mol. The molecule has 4 heteroatoms. The summed E-state index contributed by atoms with van der Waals surface area (Å²) in [6, 6.07) is 7.20. The van der Waals surface area contributed by atoms with E-state index in [0.29, 0.717) is 31.7 Å². The van der Waals surface area contributed by atoms with Crippen molar-refractivity contribution in [1.82, 2.24) is 4.90 Å². The second-order valence-electron chi connectivity index (χ2n) is 4.28. The van der Waals surface area contributed by atoms with Crippen molar-refractivity contribution in [3.63, 3.8) is 0 Å². The standard InChI is InChI=1S/C16H21NO3/c1-3-20-12-10-17(2)16(19)15-9-6-8-14(13-15)7-4-5-11-18/h6,8-9,13,18H,3,5,10-12H2,1-2H3. The predicted octanol–water partition coefficient (Wildman–Crippen LogP) is 1.53. The number of carbonyl (C=O) groups excluding carboxylic acids is 1. The zero-order valence-electron chi connectivity index (χ0n) is 12.1. The van der Waals surface area contributed by atoms with Crippen molar-refractivity contribution in [1.29, 1.82) is 0 Å². The number of aliphatic hydroxyl groups is 1. The number of hydrogen-bond donors (Lipinski definition) is 1. The van der Waals surface area contributed by atoms with Gasteiger partial charge in [-0.3, -0.25) is 4.79 Å². The molecule has 1 rings (SSSR count). The van der Waals surface area contributed by atoms with Crippen LogP contribution in [0.2, 0.25) is 0 Å². The van der Waals surface area contributed by atoms with E-state index in [2.05, 4.69) is 11.8 Å². The molecule has 0 bridgehead atoms. The van der Waals surface area contributed by atoms with Crippen molar-refractivity contribution < 1.29 is 14.6 Å². The quantitative estimate of drug-likeness (QED) is 0.633. The van der Waals surface area contributed by atoms with Crippen molar-refractivity contribution >= 4 is 5.91 Å². The smallest absolute Gasteiger partial charge is 0.253 e. The highest BCUT2D eigenvalue weighted by Crippen LogP contribution is 2.07. The van der Waals surface area contributed by atoms with Gasteiger partial charge in [0.05, 0.1) is 13.2 Å². The van der Waals surface area contributed by atoms with Gasteiger partial charge in [0.1, 0.15) is 0 Å². The van der Waals surface area contributed by atoms with Gasteiger partial charge in [0.15, 0.2) is 0 Å². The van der Waals surface area contributed by atoms with Gasteiger partial charge in [0.25, 0.3) is 5.91 Å². The summed E-state index contributed by atoms with van der Waals surface area (Å²) in [4.78, 5) is 13.8. The second-order valence-corrected chi connectivity index (χ2v) is 4.28. The number of amides is 1. The van der Waals surface area contributed by atoms with Gasteiger partial charge in [-0.2, -0.15) is 0 Å². The first kappa shape index (κ1) is 16.2. The van der Waals surface area contributed by atoms with E-state index in [0.717, 1.165) is 5.56 Å². The molecule has 0 aliphatic rings. The van der Waals surface area contributed by atoms with Crippen LogP contribution in [0.4, 0.5) is 0 Å². The summed E-state index contributed by atoms with van der Waals surface area (Å²) in [5.74, 6) is 5.72. The van der Waals surface area contributed by atoms with E-state index in [4.69, 9.17) is 9.84 Å². The van der Waals surface area contributed by atoms with Gasteiger partial charge < -0.3 is 14.7 Å². The lowest BCUT2D eigenvalue weighted by molar-refractivity contribution is 0.0710. The number of nitrogens with zero attached hydrogens (tertiary/aromatic N) is 1. The number of likely N-dealkylation sites (N-methyl/N-ethyl adjacent to an activating group) is 1. The van der Waals surface area contributed by atoms with E-state index >= 15 is 0 Å². The molecule has 0 atom stereocenters. The lowest BCUT2D eigenvalue weighted by atomic mass is 10.1. The molecule has 0 unspecified atom stereocenters. The molecule has 0 saturated carbocycles. The summed E-state index contributed by atoms with van der Waals surface area (Å²) in [6.45, 7) is 3.72. The summed E-state index contributed by atoms with van der Waals surface area (Å²) >= 11 is 0. The van der Waals surface area contributed by atoms with Crippen molar-refractivity contribution in [2.24, 2.45) is 0 Å². The van der Waals surface area contributed by atoms with Gasteiger partial charge in [-0.15, -0.1) is 0 Å². The number of hydrogen-bond acceptors (Lipinski definition) is 3. The van der Waals surface area contributed by atoms with E-state index in [1.807, 2.05) is 19.1 Å². The van der Waals surface area contributed by atoms with Crippen molar-refractivity contribution in [3.05, 3.63) is 35.4 Å². The van der Waals surface area contributed by atoms with E-state index in [1.54, 1.807) is 24.1 Å². The van der Waals surface area contributed by atoms with Crippen LogP contribution in [0.5, 0.6) is 0 Å². The molecule has 0 aliphatic heterocycles. The minimum Gasteiger partial charge on any atom is -0.395 e. The third kappa shape index (κ3) is 5.43. The molecule has 1 aromatic rings. The van der Waals surface area contributed by atoms with Crippen LogP contribution in [-0.4, -0.2) is 49.3 Å². The Morgan fingerprint density at radius 3 is 2.95 bits per heavy atom. The number of benzene rings is 1. The molecule has 0 heterocycles. The molecule has 0 aliphatic carbocycles. The molecule has 1 N–H and O–H groups in total. The summed E-state index contributed by atoms with van der Waals surface area (Å²) in [7, 11) is 1.76. The number of ether oxygens (including phenoxy) is 1. The summed E-state index contributed by atoms with van der Waals surface area (Å²) in [5.41, 5.74) is 1.39. The fourth-order valence-electron chi connectivity index (χ4n) is 1.62. The van der Waals surface area contributed by atoms with Gasteiger partial charge >= 0.3 is 0 Å². The molecule has 4 nitrogen and oxygen atoms in total. The van der Waals surface area contributed by atoms with Crippen LogP contribution in [0.3, 0.4) is 0 Å². The summed E-state index contributed by atoms with van der Waals surface area (Å²) in [6.07, 6.45) is 0.437. The number of carbonyl (C=O) groups is 1. The molecule has 1 aromatic carbocycles. The number of rotatable bonds is 6. The first-order valence-electron chi connectivity index (χ1n) is 6.72. The van der Waals surface area contributed by atoms with Crippen LogP contribution in [0.25, 0.3) is 0 Å². The van der Waals surface area contributed by atoms with E-state index in [9.17, 15) is 4.79 Å². The lowest BCUT2D eigenvalue weighted by Gasteiger charge is -2.17. The largest absolute Gasteiger partial charge is 0.395 e. The summed E-state index contributed by atoms with van der Waals surface area (Å²) < 4.78 is 5.24. The Labute approximate surface area is 120 Å². The molecule has 0 saturated heterocycles. The highest BCUT2D eigenvalue weighted by Gasteiger charge is 2.11. The average Bonchev–Trinajstić information content (AvgIpc) is 2.47. The van der Waals surface area contributed by atoms with Gasteiger partial charge in [-0.05, 0) is 25.1 Å². The molecule has 0 aromatic heterocycles. The molecule has 108 valence electrons. The Morgan fingerprint density at radius 2 is 2.25 bits per heavy atom. The Balaban J connectivity index is 2.68. The Kier molecular flexibility index (Phi) is 7.41. The lowest BCUT2D eigenvalue weighted by Crippen LogP contribution is -2.30. The van der Waals surface area contributed by atoms with E-state index in [-0.39, 0.29) is 12.5 Å². The molecule has 1 amide bonds. The summed E-state index contributed by atoms with van der Waals surface area (Å²) in [5, 5.41) is 8.69. The zero-order chi connectivity index (χ0) is 14.8. The number of aliphatic hydroxyl groups excluding tert-OH is 1. The van der Waals surface area contributed by atoms with Gasteiger partial charge in [-0.1, -0.05) is 17.9 Å². The van der Waals surface area contributed by atoms with Crippen LogP contribution in [0, 0.1) is 11.8 Å². The third-order valence-electron chi connectivity index (χ3n) is 2.70. The third-order valence-corrected chi connectivity index (χ3v) is 2.70. The molecule has 20 heavy (non-hydrogen) atoms. The fraction of sp³-hybridized carbons (Fsp3) is 0.438. The molecular formula is C16H21NO3. The normalized spacial score (nSPS) is 9.75. The van der Waals surface area contributed by atoms with Gasteiger partial charge in [0, 0.05) is 37.7 Å². The second kappa shape index (κ2) is 9.13. The predicted molar refractivity (Wildman–Crippen MR) is 78.5 cm³/mol. The van der Waals surface area contributed by atoms with Crippen molar-refractivity contribution in [3.8, 4) is 11.8 Å². The topological polar surface area (TPSA) is 49.8 Å². The maximum atomic E-state index is 12.2. The molecule has 0 fully saturated rings. The SMILES string of the molecule is CCOCCN(C)C(=O)c1cccc(C#CCCO)c1. The first-order chi connectivity index (χ1) is 9.69. The minimum absolute atomic E-state index is 0.0458. The van der Waals surface area contributed by atoms with Crippen LogP contribution >= 0.6 is 0 Å². The highest BCUT2D eigenvalue weighted by molar-refractivity contribution is 5.94. The molecule has 0 radical (unpaired) electrons. The van der Waals surface area contributed by atoms with E-state index in [1.165, 1.54) is 0 Å². The first-order valence-corrected chi connectivity index (χ1v) is 6.72. The fourth-order valence-corrected chi connectivity index (χ4v) is 1.62. The van der Waals surface area contributed by atoms with Crippen molar-refractivity contribution in [2.75, 3.05) is 33.4 Å². The Morgan fingerprint density at radius 1 is 1.45 bits per heavy atom. The Bertz CT molecular complexity index is 488. The maximum absolute atomic E-state index is 12.2. The Hall–Kier alpha value is -1.83. The van der Waals surface area contributed by atoms with Gasteiger partial charge in [0.2, 0.25) is 0 Å². The van der Waals surface area contributed by atoms with Crippen LogP contribution in [-0.2, 0) is 4.74 Å². The monoisotopic (exact) mass is 275 g/mol. The zero-order valence-corrected chi connectivity index (χ0v) is 12.1. The maximum Gasteiger partial charge on any atom is 0.253 e. The van der Waals surface area contributed by atoms with Crippen LogP contribution < -0.4 is 0 Å². The van der Waals surface area contributed by atoms with E-state index < -0.39 is 0 Å². The minimum atomic E-state index is -0.0458. The molecular weight excluding hydrogens is 254 g/mol. The highest BCUT2D eigenvalue weighted by atomic mass is 16.5. The molecule has 0 spiro atoms. The van der Waals surface area contributed by atoms with Gasteiger partial charge in [-0.25, -0.2) is 0 Å². The van der Waals surface area contributed by atoms with Crippen LogP contribution in [0.1, 0.15) is 29.3 Å². The van der Waals surface area contributed by atoms with Crippen LogP contribution in [0.15, 0.2) is 24.3 Å².